The van der Waals surface area contributed by atoms with Crippen LogP contribution in [0.5, 0.6) is 0 Å². The molecule has 0 bridgehead atoms. The summed E-state index contributed by atoms with van der Waals surface area (Å²) in [5, 5.41) is 8.77. The Morgan fingerprint density at radius 3 is 0.430 bits per heavy atom. The second kappa shape index (κ2) is 69.5. The molecule has 0 aliphatic rings. The molecule has 0 aliphatic heterocycles. The van der Waals surface area contributed by atoms with Gasteiger partial charge < -0.3 is 52.5 Å². The summed E-state index contributed by atoms with van der Waals surface area (Å²) in [5.74, 6) is -2.51. The van der Waals surface area contributed by atoms with E-state index in [1.807, 2.05) is 0 Å². The maximum atomic E-state index is 12.1. The van der Waals surface area contributed by atoms with Crippen molar-refractivity contribution in [2.75, 3.05) is 72.7 Å². The average molecular weight is 1330 g/mol. The molecule has 0 heterocycles. The van der Waals surface area contributed by atoms with E-state index in [0.717, 1.165) is 83.5 Å². The number of unbranched alkanes of at least 4 members (excludes halogenated alkanes) is 29. The van der Waals surface area contributed by atoms with E-state index < -0.39 is 0 Å². The van der Waals surface area contributed by atoms with Crippen LogP contribution in [0.2, 0.25) is 0 Å². The maximum Gasteiger partial charge on any atom is 0.305 e. The number of carbonyl (C=O) groups excluding carboxylic acids is 10. The Balaban J connectivity index is 3.50. The van der Waals surface area contributed by atoms with Crippen LogP contribution in [0, 0.1) is 0 Å². The normalized spacial score (nSPS) is 10.9. The largest absolute Gasteiger partial charge is 0.466 e. The molecule has 0 unspecified atom stereocenters. The number of ether oxygens (including phenoxy) is 10. The van der Waals surface area contributed by atoms with Gasteiger partial charge in [0.05, 0.1) is 66.1 Å². The Hall–Kier alpha value is -5.34. The lowest BCUT2D eigenvalue weighted by atomic mass is 10.1. The number of hydrogen-bond acceptors (Lipinski definition) is 21. The van der Waals surface area contributed by atoms with E-state index in [-0.39, 0.29) is 112 Å². The fourth-order valence-corrected chi connectivity index (χ4v) is 9.66. The Morgan fingerprint density at radius 1 is 0.172 bits per heavy atom. The minimum atomic E-state index is -0.279. The number of carbonyl (C=O) groups is 10. The molecule has 0 spiro atoms. The summed E-state index contributed by atoms with van der Waals surface area (Å²) in [6.45, 7) is 5.62. The standard InChI is InChI=1S/C72H126O21/c1-2-3-4-5-6-7-8-9-10-32-53-84-64(75)43-22-12-34-55-86-66(77)45-24-14-36-57-88-68(79)47-26-16-38-59-90-70(81)49-28-18-40-61-92-72(83)51-30-20-41-62-93-71(82)50-29-19-39-60-91-69(80)48-27-17-37-58-89-67(78)46-25-15-35-56-87-65(76)44-23-13-33-54-85-63(74)42-21-11-31-52-73/h73H,2-62H2,1H3. The first kappa shape index (κ1) is 87.7. The first-order chi connectivity index (χ1) is 45.4. The zero-order chi connectivity index (χ0) is 68.0. The van der Waals surface area contributed by atoms with Gasteiger partial charge in [0.25, 0.3) is 0 Å². The third-order valence-corrected chi connectivity index (χ3v) is 15.4. The predicted octanol–water partition coefficient (Wildman–Crippen LogP) is 14.9. The van der Waals surface area contributed by atoms with Crippen LogP contribution in [0.1, 0.15) is 328 Å². The number of rotatable bonds is 70. The molecule has 93 heavy (non-hydrogen) atoms. The predicted molar refractivity (Wildman–Crippen MR) is 353 cm³/mol. The van der Waals surface area contributed by atoms with Gasteiger partial charge >= 0.3 is 59.7 Å². The summed E-state index contributed by atoms with van der Waals surface area (Å²) < 4.78 is 52.9. The Bertz CT molecular complexity index is 1870. The van der Waals surface area contributed by atoms with Crippen molar-refractivity contribution in [2.24, 2.45) is 0 Å². The maximum absolute atomic E-state index is 12.1. The molecule has 0 aliphatic carbocycles. The van der Waals surface area contributed by atoms with Crippen molar-refractivity contribution < 1.29 is 100 Å². The van der Waals surface area contributed by atoms with Crippen LogP contribution in [-0.2, 0) is 95.3 Å². The average Bonchev–Trinajstić information content (AvgIpc) is 3.60. The fourth-order valence-electron chi connectivity index (χ4n) is 9.66. The monoisotopic (exact) mass is 1330 g/mol. The second-order valence-corrected chi connectivity index (χ2v) is 24.2. The molecule has 0 aromatic carbocycles. The highest BCUT2D eigenvalue weighted by atomic mass is 16.6. The molecule has 0 amide bonds. The van der Waals surface area contributed by atoms with Gasteiger partial charge in [0.2, 0.25) is 0 Å². The topological polar surface area (TPSA) is 283 Å². The zero-order valence-corrected chi connectivity index (χ0v) is 57.7. The molecule has 1 N–H and O–H groups in total. The summed E-state index contributed by atoms with van der Waals surface area (Å²) in [4.78, 5) is 120. The number of aliphatic hydroxyl groups is 1. The van der Waals surface area contributed by atoms with Crippen LogP contribution < -0.4 is 0 Å². The van der Waals surface area contributed by atoms with Crippen LogP contribution in [0.15, 0.2) is 0 Å². The molecule has 0 aromatic heterocycles. The quantitative estimate of drug-likeness (QED) is 0.0336. The smallest absolute Gasteiger partial charge is 0.305 e. The molecule has 540 valence electrons. The molecular formula is C72H126O21. The van der Waals surface area contributed by atoms with Crippen molar-refractivity contribution in [3.05, 3.63) is 0 Å². The van der Waals surface area contributed by atoms with Gasteiger partial charge in [-0.05, 0) is 193 Å². The SMILES string of the molecule is CCCCCCCCCCCCOC(=O)CCCCCOC(=O)CCCCCOC(=O)CCCCCOC(=O)CCCCCOC(=O)CCCCCOC(=O)CCCCCOC(=O)CCCCCOC(=O)CCCCCOC(=O)CCCCCOC(=O)CCCCCO. The van der Waals surface area contributed by atoms with E-state index in [1.54, 1.807) is 0 Å². The molecule has 0 radical (unpaired) electrons. The molecule has 21 heteroatoms. The zero-order valence-electron chi connectivity index (χ0n) is 57.7. The van der Waals surface area contributed by atoms with Gasteiger partial charge in [-0.3, -0.25) is 47.9 Å². The van der Waals surface area contributed by atoms with Crippen molar-refractivity contribution in [3.63, 3.8) is 0 Å². The van der Waals surface area contributed by atoms with Crippen molar-refractivity contribution in [3.8, 4) is 0 Å². The Morgan fingerprint density at radius 2 is 0.290 bits per heavy atom. The lowest BCUT2D eigenvalue weighted by Crippen LogP contribution is -2.09. The highest BCUT2D eigenvalue weighted by Gasteiger charge is 2.12. The molecular weight excluding hydrogens is 1200 g/mol. The van der Waals surface area contributed by atoms with Crippen molar-refractivity contribution >= 4 is 59.7 Å². The van der Waals surface area contributed by atoms with E-state index in [4.69, 9.17) is 52.5 Å². The highest BCUT2D eigenvalue weighted by Crippen LogP contribution is 2.14. The lowest BCUT2D eigenvalue weighted by molar-refractivity contribution is -0.146. The van der Waals surface area contributed by atoms with Crippen molar-refractivity contribution in [2.45, 2.75) is 328 Å². The minimum Gasteiger partial charge on any atom is -0.466 e. The van der Waals surface area contributed by atoms with Crippen LogP contribution in [0.3, 0.4) is 0 Å². The lowest BCUT2D eigenvalue weighted by Gasteiger charge is -2.07. The Kier molecular flexibility index (Phi) is 65.5. The first-order valence-corrected chi connectivity index (χ1v) is 36.5. The van der Waals surface area contributed by atoms with E-state index in [0.29, 0.717) is 207 Å². The van der Waals surface area contributed by atoms with Gasteiger partial charge in [0.15, 0.2) is 0 Å². The third kappa shape index (κ3) is 69.3. The van der Waals surface area contributed by atoms with E-state index in [2.05, 4.69) is 6.92 Å². The van der Waals surface area contributed by atoms with Crippen LogP contribution in [-0.4, -0.2) is 137 Å². The summed E-state index contributed by atoms with van der Waals surface area (Å²) in [7, 11) is 0. The first-order valence-electron chi connectivity index (χ1n) is 36.5. The fraction of sp³-hybridized carbons (Fsp3) is 0.861. The Labute approximate surface area is 558 Å². The van der Waals surface area contributed by atoms with E-state index in [1.165, 1.54) is 51.4 Å². The van der Waals surface area contributed by atoms with Crippen molar-refractivity contribution in [1.29, 1.82) is 0 Å². The van der Waals surface area contributed by atoms with Gasteiger partial charge in [-0.2, -0.15) is 0 Å². The molecule has 0 saturated carbocycles. The number of esters is 10. The molecule has 0 fully saturated rings. The van der Waals surface area contributed by atoms with Gasteiger partial charge in [0.1, 0.15) is 0 Å². The van der Waals surface area contributed by atoms with Gasteiger partial charge in [-0.25, -0.2) is 0 Å². The van der Waals surface area contributed by atoms with E-state index >= 15 is 0 Å². The number of hydrogen-bond donors (Lipinski definition) is 1. The molecule has 0 atom stereocenters. The molecule has 0 saturated heterocycles. The second-order valence-electron chi connectivity index (χ2n) is 24.2. The molecule has 0 aromatic rings. The third-order valence-electron chi connectivity index (χ3n) is 15.4. The van der Waals surface area contributed by atoms with Crippen LogP contribution in [0.4, 0.5) is 0 Å². The summed E-state index contributed by atoms with van der Waals surface area (Å²) >= 11 is 0. The van der Waals surface area contributed by atoms with Gasteiger partial charge in [-0.15, -0.1) is 0 Å². The molecule has 21 nitrogen and oxygen atoms in total. The minimum absolute atomic E-state index is 0.131. The van der Waals surface area contributed by atoms with Gasteiger partial charge in [0, 0.05) is 70.8 Å². The molecule has 0 rings (SSSR count). The van der Waals surface area contributed by atoms with E-state index in [9.17, 15) is 47.9 Å². The summed E-state index contributed by atoms with van der Waals surface area (Å²) in [6, 6.07) is 0. The summed E-state index contributed by atoms with van der Waals surface area (Å²) in [5.41, 5.74) is 0. The summed E-state index contributed by atoms with van der Waals surface area (Å²) in [6.07, 6.45) is 36.3. The van der Waals surface area contributed by atoms with Crippen LogP contribution in [0.25, 0.3) is 0 Å². The van der Waals surface area contributed by atoms with Gasteiger partial charge in [-0.1, -0.05) is 71.1 Å². The van der Waals surface area contributed by atoms with Crippen molar-refractivity contribution in [1.82, 2.24) is 0 Å². The number of aliphatic hydroxyl groups excluding tert-OH is 1. The van der Waals surface area contributed by atoms with Crippen LogP contribution >= 0.6 is 0 Å². The highest BCUT2D eigenvalue weighted by molar-refractivity contribution is 5.72.